The van der Waals surface area contributed by atoms with Crippen molar-refractivity contribution in [2.75, 3.05) is 30.3 Å². The number of benzene rings is 2. The van der Waals surface area contributed by atoms with Crippen molar-refractivity contribution < 1.29 is 32.2 Å². The smallest absolute Gasteiger partial charge is 0.409 e. The van der Waals surface area contributed by atoms with Gasteiger partial charge >= 0.3 is 12.1 Å². The molecule has 16 heteroatoms. The molecule has 0 unspecified atom stereocenters. The van der Waals surface area contributed by atoms with Crippen molar-refractivity contribution in [1.29, 1.82) is 5.26 Å². The number of H-pyrrole nitrogens is 1. The Morgan fingerprint density at radius 2 is 2.13 bits per heavy atom. The summed E-state index contributed by atoms with van der Waals surface area (Å²) in [7, 11) is 0. The number of aromatic amines is 1. The van der Waals surface area contributed by atoms with Gasteiger partial charge in [-0.2, -0.15) is 20.3 Å². The zero-order valence-electron chi connectivity index (χ0n) is 23.8. The molecule has 0 spiro atoms. The molecule has 46 heavy (non-hydrogen) atoms. The van der Waals surface area contributed by atoms with E-state index in [1.54, 1.807) is 12.4 Å². The van der Waals surface area contributed by atoms with E-state index in [1.807, 2.05) is 11.0 Å². The molecule has 1 amide bonds. The molecule has 4 N–H and O–H groups in total. The van der Waals surface area contributed by atoms with Gasteiger partial charge in [0.25, 0.3) is 0 Å². The van der Waals surface area contributed by atoms with Crippen LogP contribution in [-0.4, -0.2) is 67.7 Å². The number of fused-ring (bicyclic) bond motifs is 3. The number of hydrogen-bond donors (Lipinski definition) is 4. The minimum absolute atomic E-state index is 0.0163. The van der Waals surface area contributed by atoms with E-state index < -0.39 is 40.8 Å². The first-order chi connectivity index (χ1) is 22.2. The Bertz CT molecular complexity index is 2050. The molecular weight excluding hydrogens is 628 g/mol. The van der Waals surface area contributed by atoms with Gasteiger partial charge in [-0.25, -0.2) is 22.4 Å². The van der Waals surface area contributed by atoms with Crippen LogP contribution in [0.2, 0.25) is 0 Å². The maximum Gasteiger partial charge on any atom is 0.409 e. The van der Waals surface area contributed by atoms with Gasteiger partial charge in [-0.3, -0.25) is 15.3 Å². The molecule has 0 saturated carbocycles. The summed E-state index contributed by atoms with van der Waals surface area (Å²) in [5.74, 6) is -2.92. The molecule has 2 aliphatic heterocycles. The average Bonchev–Trinajstić information content (AvgIpc) is 3.80. The Labute approximate surface area is 261 Å². The molecule has 3 aromatic heterocycles. The van der Waals surface area contributed by atoms with E-state index in [9.17, 15) is 23.9 Å². The van der Waals surface area contributed by atoms with Crippen LogP contribution < -0.4 is 15.4 Å². The molecule has 2 saturated heterocycles. The van der Waals surface area contributed by atoms with Crippen LogP contribution in [0.4, 0.5) is 33.2 Å². The van der Waals surface area contributed by atoms with E-state index in [1.165, 1.54) is 0 Å². The highest BCUT2D eigenvalue weighted by Gasteiger charge is 2.49. The molecule has 2 fully saturated rings. The number of aromatic nitrogens is 4. The van der Waals surface area contributed by atoms with Crippen molar-refractivity contribution in [1.82, 2.24) is 25.1 Å². The number of halogens is 4. The number of ether oxygens (including phenoxy) is 1. The third kappa shape index (κ3) is 5.01. The quantitative estimate of drug-likeness (QED) is 0.144. The van der Waals surface area contributed by atoms with E-state index in [0.29, 0.717) is 17.9 Å². The molecule has 236 valence electrons. The molecule has 2 aromatic carbocycles. The minimum Gasteiger partial charge on any atom is -0.465 e. The number of carbonyl (C=O) groups is 1. The summed E-state index contributed by atoms with van der Waals surface area (Å²) in [6, 6.07) is 4.76. The summed E-state index contributed by atoms with van der Waals surface area (Å²) in [6.45, 7) is 1.29. The SMILES string of the molecule is N#Cc1c(NC(=O)O)sc2c(F)ccc(-c3c(F)cc4c(NCc5cn[nH]c5)nc(OC[C@@]56CCCN5C[C@H](F)C6)nc4c3F)c12. The average molecular weight is 653 g/mol. The van der Waals surface area contributed by atoms with E-state index in [0.717, 1.165) is 43.1 Å². The van der Waals surface area contributed by atoms with Gasteiger partial charge in [0.1, 0.15) is 46.8 Å². The van der Waals surface area contributed by atoms with Crippen molar-refractivity contribution in [3.05, 3.63) is 59.2 Å². The van der Waals surface area contributed by atoms with Gasteiger partial charge in [0.05, 0.1) is 27.6 Å². The highest BCUT2D eigenvalue weighted by atomic mass is 32.1. The maximum atomic E-state index is 16.6. The monoisotopic (exact) mass is 652 g/mol. The number of nitriles is 1. The van der Waals surface area contributed by atoms with Gasteiger partial charge in [0.15, 0.2) is 5.82 Å². The van der Waals surface area contributed by atoms with E-state index in [2.05, 4.69) is 30.8 Å². The van der Waals surface area contributed by atoms with E-state index >= 15 is 8.78 Å². The Morgan fingerprint density at radius 1 is 1.28 bits per heavy atom. The summed E-state index contributed by atoms with van der Waals surface area (Å²) >= 11 is 0.635. The fourth-order valence-electron chi connectivity index (χ4n) is 6.50. The van der Waals surface area contributed by atoms with Gasteiger partial charge in [-0.05, 0) is 37.1 Å². The molecule has 0 aliphatic carbocycles. The number of rotatable bonds is 8. The lowest BCUT2D eigenvalue weighted by atomic mass is 9.95. The molecule has 5 heterocycles. The van der Waals surface area contributed by atoms with Crippen molar-refractivity contribution in [3.8, 4) is 23.2 Å². The lowest BCUT2D eigenvalue weighted by Gasteiger charge is -2.30. The highest BCUT2D eigenvalue weighted by Crippen LogP contribution is 2.45. The summed E-state index contributed by atoms with van der Waals surface area (Å²) in [4.78, 5) is 22.1. The van der Waals surface area contributed by atoms with Gasteiger partial charge < -0.3 is 15.2 Å². The Balaban J connectivity index is 1.37. The number of thiophene rings is 1. The third-order valence-electron chi connectivity index (χ3n) is 8.50. The Hall–Kier alpha value is -5.01. The molecule has 7 rings (SSSR count). The number of nitrogens with zero attached hydrogens (tertiary/aromatic N) is 5. The van der Waals surface area contributed by atoms with Crippen LogP contribution >= 0.6 is 11.3 Å². The van der Waals surface area contributed by atoms with Gasteiger partial charge in [-0.1, -0.05) is 6.07 Å². The summed E-state index contributed by atoms with van der Waals surface area (Å²) in [5, 5.41) is 30.4. The van der Waals surface area contributed by atoms with Crippen LogP contribution in [0.3, 0.4) is 0 Å². The lowest BCUT2D eigenvalue weighted by Crippen LogP contribution is -2.43. The molecule has 5 aromatic rings. The zero-order valence-corrected chi connectivity index (χ0v) is 24.7. The molecule has 0 bridgehead atoms. The maximum absolute atomic E-state index is 16.6. The number of nitrogens with one attached hydrogen (secondary N) is 3. The largest absolute Gasteiger partial charge is 0.465 e. The molecular formula is C30H24F4N8O3S. The first kappa shape index (κ1) is 29.7. The molecule has 2 aliphatic rings. The summed E-state index contributed by atoms with van der Waals surface area (Å²) in [6.07, 6.45) is 2.60. The minimum atomic E-state index is -1.49. The van der Waals surface area contributed by atoms with Crippen LogP contribution in [0.15, 0.2) is 30.6 Å². The number of hydrogen-bond acceptors (Lipinski definition) is 9. The number of anilines is 2. The highest BCUT2D eigenvalue weighted by molar-refractivity contribution is 7.23. The van der Waals surface area contributed by atoms with Crippen LogP contribution in [0.5, 0.6) is 6.01 Å². The second-order valence-electron chi connectivity index (χ2n) is 11.3. The molecule has 2 atom stereocenters. The van der Waals surface area contributed by atoms with Crippen molar-refractivity contribution in [2.24, 2.45) is 0 Å². The van der Waals surface area contributed by atoms with Crippen molar-refractivity contribution in [2.45, 2.75) is 37.5 Å². The Morgan fingerprint density at radius 3 is 2.89 bits per heavy atom. The fraction of sp³-hybridized carbons (Fsp3) is 0.300. The first-order valence-electron chi connectivity index (χ1n) is 14.3. The van der Waals surface area contributed by atoms with Gasteiger partial charge in [-0.15, -0.1) is 11.3 Å². The van der Waals surface area contributed by atoms with Crippen LogP contribution in [0, 0.1) is 28.8 Å². The predicted octanol–water partition coefficient (Wildman–Crippen LogP) is 6.18. The summed E-state index contributed by atoms with van der Waals surface area (Å²) in [5.41, 5.74) is -1.18. The predicted molar refractivity (Wildman–Crippen MR) is 161 cm³/mol. The van der Waals surface area contributed by atoms with Crippen molar-refractivity contribution in [3.63, 3.8) is 0 Å². The number of carboxylic acid groups (broad SMARTS) is 1. The van der Waals surface area contributed by atoms with E-state index in [-0.39, 0.29) is 68.5 Å². The van der Waals surface area contributed by atoms with Crippen LogP contribution in [-0.2, 0) is 6.54 Å². The number of amides is 1. The first-order valence-corrected chi connectivity index (χ1v) is 15.1. The lowest BCUT2D eigenvalue weighted by molar-refractivity contribution is 0.107. The second-order valence-corrected chi connectivity index (χ2v) is 12.3. The topological polar surface area (TPSA) is 152 Å². The van der Waals surface area contributed by atoms with Crippen molar-refractivity contribution >= 4 is 49.2 Å². The van der Waals surface area contributed by atoms with Crippen LogP contribution in [0.25, 0.3) is 32.1 Å². The number of alkyl halides is 1. The molecule has 11 nitrogen and oxygen atoms in total. The standard InChI is InChI=1S/C30H24F4N8O3S/c31-15-7-30(4-1-5-42(30)12-15)13-45-28-39-24-17(26(40-28)36-9-14-10-37-38-11-14)6-20(33)22(23(24)34)16-2-3-19(32)25-21(16)18(8-35)27(46-25)41-29(43)44/h2-3,6,10-11,15,41H,1,4-5,7,9,12-13H2,(H,37,38)(H,43,44)(H,36,39,40)/t15-,30+/m1/s1. The van der Waals surface area contributed by atoms with Gasteiger partial charge in [0.2, 0.25) is 0 Å². The molecule has 0 radical (unpaired) electrons. The third-order valence-corrected chi connectivity index (χ3v) is 9.61. The second kappa shape index (κ2) is 11.4. The zero-order chi connectivity index (χ0) is 32.2. The Kier molecular flexibility index (Phi) is 7.36. The summed E-state index contributed by atoms with van der Waals surface area (Å²) < 4.78 is 67.7. The van der Waals surface area contributed by atoms with Gasteiger partial charge in [0, 0.05) is 42.0 Å². The fourth-order valence-corrected chi connectivity index (χ4v) is 7.57. The van der Waals surface area contributed by atoms with Crippen LogP contribution in [0.1, 0.15) is 30.4 Å². The normalized spacial score (nSPS) is 19.4. The van der Waals surface area contributed by atoms with E-state index in [4.69, 9.17) is 4.74 Å².